The largest absolute Gasteiger partial charge is 0.360 e. The van der Waals surface area contributed by atoms with E-state index in [0.29, 0.717) is 5.76 Å². The Labute approximate surface area is 93.2 Å². The van der Waals surface area contributed by atoms with E-state index < -0.39 is 15.9 Å². The number of rotatable bonds is 5. The third-order valence-corrected chi connectivity index (χ3v) is 3.07. The highest BCUT2D eigenvalue weighted by molar-refractivity contribution is 7.89. The minimum absolute atomic E-state index is 0.0661. The van der Waals surface area contributed by atoms with Crippen LogP contribution in [0.4, 0.5) is 5.82 Å². The smallest absolute Gasteiger partial charge is 0.240 e. The zero-order chi connectivity index (χ0) is 12.2. The Hall–Kier alpha value is -1.41. The van der Waals surface area contributed by atoms with Crippen LogP contribution < -0.4 is 10.0 Å². The summed E-state index contributed by atoms with van der Waals surface area (Å²) in [5.74, 6) is 0.261. The quantitative estimate of drug-likeness (QED) is 0.754. The van der Waals surface area contributed by atoms with Crippen molar-refractivity contribution in [1.29, 1.82) is 0 Å². The molecule has 0 aliphatic rings. The lowest BCUT2D eigenvalue weighted by molar-refractivity contribution is -0.115. The van der Waals surface area contributed by atoms with Crippen molar-refractivity contribution in [3.05, 3.63) is 11.8 Å². The molecule has 7 nitrogen and oxygen atoms in total. The standard InChI is InChI=1S/C8H13N3O4S/c1-3-16(13,14)9-5-8(12)10-7-4-6(2)15-11-7/h4,9H,3,5H2,1-2H3,(H,10,11,12). The molecular weight excluding hydrogens is 234 g/mol. The van der Waals surface area contributed by atoms with Gasteiger partial charge in [-0.2, -0.15) is 0 Å². The van der Waals surface area contributed by atoms with Gasteiger partial charge in [0.1, 0.15) is 5.76 Å². The van der Waals surface area contributed by atoms with Gasteiger partial charge in [0.15, 0.2) is 5.82 Å². The molecule has 0 aromatic carbocycles. The minimum Gasteiger partial charge on any atom is -0.360 e. The van der Waals surface area contributed by atoms with Crippen molar-refractivity contribution in [2.75, 3.05) is 17.6 Å². The molecule has 1 heterocycles. The van der Waals surface area contributed by atoms with Crippen molar-refractivity contribution >= 4 is 21.7 Å². The van der Waals surface area contributed by atoms with E-state index in [9.17, 15) is 13.2 Å². The Morgan fingerprint density at radius 2 is 2.25 bits per heavy atom. The normalized spacial score (nSPS) is 11.4. The Bertz CT molecular complexity index is 465. The molecule has 0 fully saturated rings. The highest BCUT2D eigenvalue weighted by Gasteiger charge is 2.10. The molecule has 16 heavy (non-hydrogen) atoms. The summed E-state index contributed by atoms with van der Waals surface area (Å²) in [5, 5.41) is 5.92. The Kier molecular flexibility index (Phi) is 4.02. The highest BCUT2D eigenvalue weighted by atomic mass is 32.2. The average molecular weight is 247 g/mol. The van der Waals surface area contributed by atoms with Gasteiger partial charge in [0.05, 0.1) is 12.3 Å². The van der Waals surface area contributed by atoms with Crippen molar-refractivity contribution in [1.82, 2.24) is 9.88 Å². The highest BCUT2D eigenvalue weighted by Crippen LogP contribution is 2.06. The summed E-state index contributed by atoms with van der Waals surface area (Å²) < 4.78 is 28.9. The van der Waals surface area contributed by atoms with Gasteiger partial charge in [-0.25, -0.2) is 13.1 Å². The fourth-order valence-electron chi connectivity index (χ4n) is 0.890. The van der Waals surface area contributed by atoms with Crippen LogP contribution in [0, 0.1) is 6.92 Å². The average Bonchev–Trinajstić information content (AvgIpc) is 2.61. The number of sulfonamides is 1. The van der Waals surface area contributed by atoms with E-state index in [1.165, 1.54) is 13.0 Å². The molecule has 0 aliphatic heterocycles. The van der Waals surface area contributed by atoms with Crippen LogP contribution in [-0.2, 0) is 14.8 Å². The summed E-state index contributed by atoms with van der Waals surface area (Å²) in [6, 6.07) is 1.53. The van der Waals surface area contributed by atoms with Crippen LogP contribution in [-0.4, -0.2) is 31.8 Å². The van der Waals surface area contributed by atoms with Crippen molar-refractivity contribution in [3.8, 4) is 0 Å². The second-order valence-corrected chi connectivity index (χ2v) is 5.19. The first-order valence-electron chi connectivity index (χ1n) is 4.63. The number of carbonyl (C=O) groups is 1. The summed E-state index contributed by atoms with van der Waals surface area (Å²) in [7, 11) is -3.36. The van der Waals surface area contributed by atoms with Gasteiger partial charge in [-0.1, -0.05) is 5.16 Å². The minimum atomic E-state index is -3.36. The molecule has 1 aromatic rings. The van der Waals surface area contributed by atoms with Crippen LogP contribution in [0.5, 0.6) is 0 Å². The lowest BCUT2D eigenvalue weighted by atomic mass is 10.5. The van der Waals surface area contributed by atoms with Gasteiger partial charge in [0.2, 0.25) is 15.9 Å². The van der Waals surface area contributed by atoms with Crippen molar-refractivity contribution in [2.45, 2.75) is 13.8 Å². The van der Waals surface area contributed by atoms with E-state index in [-0.39, 0.29) is 18.1 Å². The molecule has 1 amide bonds. The lowest BCUT2D eigenvalue weighted by Gasteiger charge is -2.03. The number of nitrogens with one attached hydrogen (secondary N) is 2. The van der Waals surface area contributed by atoms with Crippen LogP contribution in [0.25, 0.3) is 0 Å². The van der Waals surface area contributed by atoms with E-state index in [0.717, 1.165) is 0 Å². The van der Waals surface area contributed by atoms with Gasteiger partial charge >= 0.3 is 0 Å². The summed E-state index contributed by atoms with van der Waals surface area (Å²) >= 11 is 0. The van der Waals surface area contributed by atoms with Crippen LogP contribution in [0.1, 0.15) is 12.7 Å². The number of hydrogen-bond acceptors (Lipinski definition) is 5. The Morgan fingerprint density at radius 1 is 1.56 bits per heavy atom. The molecule has 0 saturated carbocycles. The third kappa shape index (κ3) is 3.99. The molecule has 1 rings (SSSR count). The number of anilines is 1. The molecule has 0 atom stereocenters. The van der Waals surface area contributed by atoms with Gasteiger partial charge in [0, 0.05) is 6.07 Å². The molecule has 0 bridgehead atoms. The summed E-state index contributed by atoms with van der Waals surface area (Å²) in [4.78, 5) is 11.3. The van der Waals surface area contributed by atoms with Gasteiger partial charge in [-0.05, 0) is 13.8 Å². The fourth-order valence-corrected chi connectivity index (χ4v) is 1.45. The second kappa shape index (κ2) is 5.08. The molecule has 90 valence electrons. The molecule has 0 saturated heterocycles. The Morgan fingerprint density at radius 3 is 2.75 bits per heavy atom. The number of aryl methyl sites for hydroxylation is 1. The van der Waals surface area contributed by atoms with E-state index in [2.05, 4.69) is 15.2 Å². The topological polar surface area (TPSA) is 101 Å². The molecule has 0 unspecified atom stereocenters. The van der Waals surface area contributed by atoms with E-state index in [4.69, 9.17) is 4.52 Å². The van der Waals surface area contributed by atoms with Crippen LogP contribution in [0.15, 0.2) is 10.6 Å². The molecule has 0 aliphatic carbocycles. The number of aromatic nitrogens is 1. The van der Waals surface area contributed by atoms with Gasteiger partial charge < -0.3 is 9.84 Å². The molecule has 0 radical (unpaired) electrons. The van der Waals surface area contributed by atoms with Gasteiger partial charge in [-0.15, -0.1) is 0 Å². The maximum absolute atomic E-state index is 11.3. The molecular formula is C8H13N3O4S. The first-order valence-corrected chi connectivity index (χ1v) is 6.28. The van der Waals surface area contributed by atoms with E-state index in [1.54, 1.807) is 6.92 Å². The number of amides is 1. The summed E-state index contributed by atoms with van der Waals surface area (Å²) in [5.41, 5.74) is 0. The van der Waals surface area contributed by atoms with E-state index >= 15 is 0 Å². The molecule has 1 aromatic heterocycles. The third-order valence-electron chi connectivity index (χ3n) is 1.73. The van der Waals surface area contributed by atoms with Crippen molar-refractivity contribution in [3.63, 3.8) is 0 Å². The van der Waals surface area contributed by atoms with Crippen LogP contribution >= 0.6 is 0 Å². The summed E-state index contributed by atoms with van der Waals surface area (Å²) in [6.45, 7) is 2.85. The number of nitrogens with zero attached hydrogens (tertiary/aromatic N) is 1. The predicted molar refractivity (Wildman–Crippen MR) is 57.3 cm³/mol. The fraction of sp³-hybridized carbons (Fsp3) is 0.500. The van der Waals surface area contributed by atoms with Gasteiger partial charge in [0.25, 0.3) is 0 Å². The monoisotopic (exact) mass is 247 g/mol. The lowest BCUT2D eigenvalue weighted by Crippen LogP contribution is -2.33. The van der Waals surface area contributed by atoms with Gasteiger partial charge in [-0.3, -0.25) is 4.79 Å². The van der Waals surface area contributed by atoms with Crippen LogP contribution in [0.2, 0.25) is 0 Å². The number of hydrogen-bond donors (Lipinski definition) is 2. The second-order valence-electron chi connectivity index (χ2n) is 3.10. The first-order chi connectivity index (χ1) is 7.43. The molecule has 0 spiro atoms. The van der Waals surface area contributed by atoms with Crippen molar-refractivity contribution < 1.29 is 17.7 Å². The Balaban J connectivity index is 2.43. The van der Waals surface area contributed by atoms with Crippen LogP contribution in [0.3, 0.4) is 0 Å². The molecule has 2 N–H and O–H groups in total. The summed E-state index contributed by atoms with van der Waals surface area (Å²) in [6.07, 6.45) is 0. The van der Waals surface area contributed by atoms with E-state index in [1.807, 2.05) is 0 Å². The zero-order valence-corrected chi connectivity index (χ0v) is 9.80. The predicted octanol–water partition coefficient (Wildman–Crippen LogP) is -0.139. The first kappa shape index (κ1) is 12.7. The maximum atomic E-state index is 11.3. The SMILES string of the molecule is CCS(=O)(=O)NCC(=O)Nc1cc(C)on1. The zero-order valence-electron chi connectivity index (χ0n) is 8.98. The number of carbonyl (C=O) groups excluding carboxylic acids is 1. The van der Waals surface area contributed by atoms with Crippen molar-refractivity contribution in [2.24, 2.45) is 0 Å². The molecule has 8 heteroatoms. The maximum Gasteiger partial charge on any atom is 0.240 e.